The molecule has 0 unspecified atom stereocenters. The second-order valence-corrected chi connectivity index (χ2v) is 12.8. The zero-order valence-electron chi connectivity index (χ0n) is 26.2. The number of methoxy groups -OCH3 is 1. The number of pyridine rings is 1. The highest BCUT2D eigenvalue weighted by atomic mass is 19.1. The molecule has 42 heavy (non-hydrogen) atoms. The predicted octanol–water partition coefficient (Wildman–Crippen LogP) is 7.04. The van der Waals surface area contributed by atoms with Crippen molar-refractivity contribution in [1.29, 1.82) is 0 Å². The van der Waals surface area contributed by atoms with Crippen LogP contribution in [-0.2, 0) is 27.7 Å². The van der Waals surface area contributed by atoms with Crippen LogP contribution in [0.25, 0.3) is 22.2 Å². The van der Waals surface area contributed by atoms with E-state index in [4.69, 9.17) is 19.2 Å². The van der Waals surface area contributed by atoms with E-state index in [1.54, 1.807) is 52.5 Å². The Balaban J connectivity index is 1.99. The Morgan fingerprint density at radius 1 is 1.19 bits per heavy atom. The van der Waals surface area contributed by atoms with Gasteiger partial charge in [-0.15, -0.1) is 0 Å². The summed E-state index contributed by atoms with van der Waals surface area (Å²) in [6, 6.07) is 3.17. The number of hydrogen-bond acceptors (Lipinski definition) is 6. The third-order valence-electron chi connectivity index (χ3n) is 8.09. The number of halogens is 1. The standard InChI is InChI=1S/C33H43FN2O6/c1-18-20-12-11-15-41-28(20)23(34)16-21(18)27-22-17-24(25(37)13-10-14-33(6,7)40-9)36(8)30(22)35-19(2)26(27)29(31(38)39)42-32(3,4)5/h16-17,29H,10-15H2,1-9H3,(H,38,39)/t29-/m0/s1. The van der Waals surface area contributed by atoms with Crippen molar-refractivity contribution in [3.63, 3.8) is 0 Å². The molecule has 3 aromatic rings. The summed E-state index contributed by atoms with van der Waals surface area (Å²) < 4.78 is 34.6. The second kappa shape index (κ2) is 11.8. The summed E-state index contributed by atoms with van der Waals surface area (Å²) >= 11 is 0. The summed E-state index contributed by atoms with van der Waals surface area (Å²) in [7, 11) is 3.43. The van der Waals surface area contributed by atoms with Crippen LogP contribution in [0.3, 0.4) is 0 Å². The summed E-state index contributed by atoms with van der Waals surface area (Å²) in [4.78, 5) is 31.0. The van der Waals surface area contributed by atoms with E-state index >= 15 is 4.39 Å². The van der Waals surface area contributed by atoms with Gasteiger partial charge >= 0.3 is 5.97 Å². The lowest BCUT2D eigenvalue weighted by molar-refractivity contribution is -0.160. The van der Waals surface area contributed by atoms with Crippen molar-refractivity contribution in [3.05, 3.63) is 46.0 Å². The first-order chi connectivity index (χ1) is 19.6. The van der Waals surface area contributed by atoms with Gasteiger partial charge in [-0.05, 0) is 97.4 Å². The lowest BCUT2D eigenvalue weighted by atomic mass is 9.86. The molecule has 3 heterocycles. The maximum Gasteiger partial charge on any atom is 0.337 e. The number of carboxylic acids is 1. The molecule has 8 nitrogen and oxygen atoms in total. The summed E-state index contributed by atoms with van der Waals surface area (Å²) in [6.45, 7) is 13.4. The number of carbonyl (C=O) groups excluding carboxylic acids is 1. The highest BCUT2D eigenvalue weighted by Gasteiger charge is 2.35. The lowest BCUT2D eigenvalue weighted by Gasteiger charge is -2.29. The zero-order chi connectivity index (χ0) is 31.1. The van der Waals surface area contributed by atoms with Gasteiger partial charge in [-0.3, -0.25) is 4.79 Å². The fraction of sp³-hybridized carbons (Fsp3) is 0.545. The van der Waals surface area contributed by atoms with Gasteiger partial charge < -0.3 is 23.9 Å². The number of nitrogens with zero attached hydrogens (tertiary/aromatic N) is 2. The van der Waals surface area contributed by atoms with Gasteiger partial charge in [0.15, 0.2) is 23.5 Å². The van der Waals surface area contributed by atoms with Gasteiger partial charge in [-0.25, -0.2) is 14.2 Å². The number of aliphatic carboxylic acids is 1. The third-order valence-corrected chi connectivity index (χ3v) is 8.09. The SMILES string of the molecule is COC(C)(C)CCCC(=O)c1cc2c(-c3cc(F)c4c(c3C)CCCO4)c([C@H](OC(C)(C)C)C(=O)O)c(C)nc2n1C. The van der Waals surface area contributed by atoms with Gasteiger partial charge in [0.25, 0.3) is 0 Å². The first-order valence-corrected chi connectivity index (χ1v) is 14.5. The maximum absolute atomic E-state index is 15.6. The second-order valence-electron chi connectivity index (χ2n) is 12.8. The van der Waals surface area contributed by atoms with Crippen LogP contribution in [0.5, 0.6) is 5.75 Å². The van der Waals surface area contributed by atoms with Gasteiger partial charge in [-0.1, -0.05) is 0 Å². The summed E-state index contributed by atoms with van der Waals surface area (Å²) in [6.07, 6.45) is 1.69. The Kier molecular flexibility index (Phi) is 8.86. The minimum atomic E-state index is -1.37. The van der Waals surface area contributed by atoms with E-state index in [9.17, 15) is 14.7 Å². The number of ether oxygens (including phenoxy) is 3. The number of ketones is 1. The quantitative estimate of drug-likeness (QED) is 0.256. The molecule has 0 amide bonds. The molecule has 1 N–H and O–H groups in total. The van der Waals surface area contributed by atoms with E-state index < -0.39 is 23.5 Å². The fourth-order valence-corrected chi connectivity index (χ4v) is 5.74. The summed E-state index contributed by atoms with van der Waals surface area (Å²) in [5.41, 5.74) is 3.23. The van der Waals surface area contributed by atoms with E-state index in [2.05, 4.69) is 0 Å². The van der Waals surface area contributed by atoms with E-state index in [1.165, 1.54) is 6.07 Å². The van der Waals surface area contributed by atoms with Gasteiger partial charge in [-0.2, -0.15) is 0 Å². The first-order valence-electron chi connectivity index (χ1n) is 14.5. The Morgan fingerprint density at radius 2 is 1.88 bits per heavy atom. The fourth-order valence-electron chi connectivity index (χ4n) is 5.74. The topological polar surface area (TPSA) is 99.9 Å². The molecule has 1 aliphatic rings. The molecule has 2 aromatic heterocycles. The highest BCUT2D eigenvalue weighted by molar-refractivity contribution is 6.05. The number of fused-ring (bicyclic) bond motifs is 2. The zero-order valence-corrected chi connectivity index (χ0v) is 26.2. The van der Waals surface area contributed by atoms with E-state index in [1.807, 2.05) is 20.8 Å². The third kappa shape index (κ3) is 6.22. The number of rotatable bonds is 10. The Bertz CT molecular complexity index is 1530. The molecule has 1 aromatic carbocycles. The Morgan fingerprint density at radius 3 is 2.50 bits per heavy atom. The number of aromatic nitrogens is 2. The van der Waals surface area contributed by atoms with Crippen LogP contribution in [-0.4, -0.2) is 51.3 Å². The van der Waals surface area contributed by atoms with Gasteiger partial charge in [0.05, 0.1) is 23.5 Å². The Hall–Kier alpha value is -3.30. The predicted molar refractivity (Wildman–Crippen MR) is 160 cm³/mol. The molecule has 0 aliphatic carbocycles. The molecular weight excluding hydrogens is 539 g/mol. The average molecular weight is 583 g/mol. The minimum absolute atomic E-state index is 0.0602. The lowest BCUT2D eigenvalue weighted by Crippen LogP contribution is -2.28. The highest BCUT2D eigenvalue weighted by Crippen LogP contribution is 2.45. The molecule has 0 fully saturated rings. The first kappa shape index (κ1) is 31.6. The van der Waals surface area contributed by atoms with Crippen molar-refractivity contribution in [2.75, 3.05) is 13.7 Å². The number of hydrogen-bond donors (Lipinski definition) is 1. The van der Waals surface area contributed by atoms with Crippen molar-refractivity contribution in [1.82, 2.24) is 9.55 Å². The maximum atomic E-state index is 15.6. The van der Waals surface area contributed by atoms with Gasteiger partial charge in [0, 0.05) is 48.3 Å². The number of benzene rings is 1. The molecule has 1 atom stereocenters. The molecule has 228 valence electrons. The van der Waals surface area contributed by atoms with Crippen molar-refractivity contribution >= 4 is 22.8 Å². The molecule has 0 bridgehead atoms. The van der Waals surface area contributed by atoms with Gasteiger partial charge in [0.2, 0.25) is 0 Å². The Labute approximate surface area is 247 Å². The van der Waals surface area contributed by atoms with Crippen LogP contribution in [0.15, 0.2) is 12.1 Å². The number of Topliss-reactive ketones (excluding diaryl/α,β-unsaturated/α-hetero) is 1. The van der Waals surface area contributed by atoms with Crippen LogP contribution >= 0.6 is 0 Å². The van der Waals surface area contributed by atoms with Crippen molar-refractivity contribution in [2.45, 2.75) is 97.9 Å². The van der Waals surface area contributed by atoms with Crippen molar-refractivity contribution < 1.29 is 33.3 Å². The normalized spacial score (nSPS) is 14.5. The van der Waals surface area contributed by atoms with Crippen LogP contribution in [0.1, 0.15) is 99.3 Å². The minimum Gasteiger partial charge on any atom is -0.490 e. The number of carbonyl (C=O) groups is 2. The van der Waals surface area contributed by atoms with Crippen molar-refractivity contribution in [2.24, 2.45) is 7.05 Å². The molecular formula is C33H43FN2O6. The number of aryl methyl sites for hydroxylation is 2. The van der Waals surface area contributed by atoms with Gasteiger partial charge in [0.1, 0.15) is 5.65 Å². The van der Waals surface area contributed by atoms with Crippen LogP contribution in [0, 0.1) is 19.7 Å². The summed E-state index contributed by atoms with van der Waals surface area (Å²) in [5, 5.41) is 11.0. The van der Waals surface area contributed by atoms with Crippen LogP contribution in [0.2, 0.25) is 0 Å². The molecule has 0 saturated heterocycles. The molecule has 0 radical (unpaired) electrons. The van der Waals surface area contributed by atoms with E-state index in [-0.39, 0.29) is 17.1 Å². The molecule has 0 saturated carbocycles. The largest absolute Gasteiger partial charge is 0.490 e. The molecule has 0 spiro atoms. The molecule has 9 heteroatoms. The smallest absolute Gasteiger partial charge is 0.337 e. The van der Waals surface area contributed by atoms with Crippen molar-refractivity contribution in [3.8, 4) is 16.9 Å². The molecule has 1 aliphatic heterocycles. The summed E-state index contributed by atoms with van der Waals surface area (Å²) in [5.74, 6) is -1.50. The van der Waals surface area contributed by atoms with Crippen LogP contribution in [0.4, 0.5) is 4.39 Å². The number of carboxylic acid groups (broad SMARTS) is 1. The monoisotopic (exact) mass is 582 g/mol. The van der Waals surface area contributed by atoms with E-state index in [0.29, 0.717) is 71.4 Å². The van der Waals surface area contributed by atoms with E-state index in [0.717, 1.165) is 17.5 Å². The average Bonchev–Trinajstić information content (AvgIpc) is 3.24. The van der Waals surface area contributed by atoms with Crippen LogP contribution < -0.4 is 4.74 Å². The molecule has 4 rings (SSSR count).